The van der Waals surface area contributed by atoms with Gasteiger partial charge in [-0.1, -0.05) is 24.4 Å². The zero-order valence-corrected chi connectivity index (χ0v) is 7.82. The Balaban J connectivity index is 2.71. The van der Waals surface area contributed by atoms with Crippen molar-refractivity contribution in [1.82, 2.24) is 0 Å². The van der Waals surface area contributed by atoms with Gasteiger partial charge < -0.3 is 11.1 Å². The maximum absolute atomic E-state index is 5.41. The molecular weight excluding hydrogens is 168 g/mol. The average molecular weight is 180 g/mol. The smallest absolute Gasteiger partial charge is 0.0771 e. The second kappa shape index (κ2) is 4.07. The van der Waals surface area contributed by atoms with Crippen LogP contribution in [0.2, 0.25) is 0 Å². The zero-order chi connectivity index (χ0) is 8.97. The van der Waals surface area contributed by atoms with Gasteiger partial charge in [0.05, 0.1) is 4.99 Å². The SMILES string of the molecule is CNc1ccc(CC(N)=S)cc1. The maximum Gasteiger partial charge on any atom is 0.0771 e. The third kappa shape index (κ3) is 2.51. The van der Waals surface area contributed by atoms with Gasteiger partial charge >= 0.3 is 0 Å². The molecule has 0 atom stereocenters. The fourth-order valence-electron chi connectivity index (χ4n) is 0.990. The van der Waals surface area contributed by atoms with Crippen LogP contribution < -0.4 is 11.1 Å². The summed E-state index contributed by atoms with van der Waals surface area (Å²) in [4.78, 5) is 0.534. The lowest BCUT2D eigenvalue weighted by Crippen LogP contribution is -2.10. The minimum atomic E-state index is 0.534. The lowest BCUT2D eigenvalue weighted by molar-refractivity contribution is 1.32. The van der Waals surface area contributed by atoms with Crippen LogP contribution in [0.15, 0.2) is 24.3 Å². The van der Waals surface area contributed by atoms with Gasteiger partial charge in [-0.3, -0.25) is 0 Å². The number of nitrogens with two attached hydrogens (primary N) is 1. The summed E-state index contributed by atoms with van der Waals surface area (Å²) in [6, 6.07) is 8.05. The van der Waals surface area contributed by atoms with Crippen LogP contribution in [0.5, 0.6) is 0 Å². The van der Waals surface area contributed by atoms with Crippen molar-refractivity contribution in [2.24, 2.45) is 5.73 Å². The average Bonchev–Trinajstić information content (AvgIpc) is 2.05. The van der Waals surface area contributed by atoms with Crippen LogP contribution in [0.3, 0.4) is 0 Å². The quantitative estimate of drug-likeness (QED) is 0.693. The number of hydrogen-bond acceptors (Lipinski definition) is 2. The molecule has 0 spiro atoms. The van der Waals surface area contributed by atoms with Crippen LogP contribution >= 0.6 is 12.2 Å². The Hall–Kier alpha value is -1.09. The first-order valence-electron chi connectivity index (χ1n) is 3.77. The van der Waals surface area contributed by atoms with Gasteiger partial charge in [0.15, 0.2) is 0 Å². The van der Waals surface area contributed by atoms with Crippen LogP contribution in [0, 0.1) is 0 Å². The van der Waals surface area contributed by atoms with Crippen molar-refractivity contribution < 1.29 is 0 Å². The van der Waals surface area contributed by atoms with Gasteiger partial charge in [0.1, 0.15) is 0 Å². The first-order chi connectivity index (χ1) is 5.72. The van der Waals surface area contributed by atoms with Crippen molar-refractivity contribution in [1.29, 1.82) is 0 Å². The summed E-state index contributed by atoms with van der Waals surface area (Å²) in [5.74, 6) is 0. The topological polar surface area (TPSA) is 38.0 Å². The molecule has 0 aliphatic carbocycles. The lowest BCUT2D eigenvalue weighted by Gasteiger charge is -2.01. The molecule has 0 fully saturated rings. The molecule has 0 aliphatic rings. The number of anilines is 1. The highest BCUT2D eigenvalue weighted by molar-refractivity contribution is 7.80. The van der Waals surface area contributed by atoms with Crippen LogP contribution in [0.25, 0.3) is 0 Å². The van der Waals surface area contributed by atoms with E-state index in [1.54, 1.807) is 0 Å². The highest BCUT2D eigenvalue weighted by atomic mass is 32.1. The van der Waals surface area contributed by atoms with E-state index >= 15 is 0 Å². The van der Waals surface area contributed by atoms with Gasteiger partial charge in [-0.2, -0.15) is 0 Å². The van der Waals surface area contributed by atoms with Gasteiger partial charge in [0.25, 0.3) is 0 Å². The van der Waals surface area contributed by atoms with E-state index in [1.165, 1.54) is 0 Å². The molecule has 0 heterocycles. The summed E-state index contributed by atoms with van der Waals surface area (Å²) >= 11 is 4.80. The first-order valence-corrected chi connectivity index (χ1v) is 4.18. The minimum absolute atomic E-state index is 0.534. The van der Waals surface area contributed by atoms with E-state index < -0.39 is 0 Å². The highest BCUT2D eigenvalue weighted by Gasteiger charge is 1.94. The Labute approximate surface area is 77.8 Å². The standard InChI is InChI=1S/C9H12N2S/c1-11-8-4-2-7(3-5-8)6-9(10)12/h2-5,11H,6H2,1H3,(H2,10,12). The normalized spacial score (nSPS) is 9.42. The Morgan fingerprint density at radius 2 is 2.00 bits per heavy atom. The van der Waals surface area contributed by atoms with E-state index in [0.717, 1.165) is 11.3 Å². The molecule has 64 valence electrons. The third-order valence-electron chi connectivity index (χ3n) is 1.62. The fourth-order valence-corrected chi connectivity index (χ4v) is 1.16. The molecule has 3 heteroatoms. The minimum Gasteiger partial charge on any atom is -0.393 e. The molecule has 0 radical (unpaired) electrons. The van der Waals surface area contributed by atoms with E-state index in [0.29, 0.717) is 11.4 Å². The van der Waals surface area contributed by atoms with Crippen LogP contribution in [0.4, 0.5) is 5.69 Å². The third-order valence-corrected chi connectivity index (χ3v) is 1.77. The van der Waals surface area contributed by atoms with Crippen LogP contribution in [0.1, 0.15) is 5.56 Å². The number of benzene rings is 1. The second-order valence-electron chi connectivity index (χ2n) is 2.59. The summed E-state index contributed by atoms with van der Waals surface area (Å²) in [5.41, 5.74) is 7.66. The molecule has 1 aromatic carbocycles. The summed E-state index contributed by atoms with van der Waals surface area (Å²) in [6.07, 6.45) is 0.680. The molecule has 1 aromatic rings. The summed E-state index contributed by atoms with van der Waals surface area (Å²) < 4.78 is 0. The molecule has 0 unspecified atom stereocenters. The van der Waals surface area contributed by atoms with Crippen molar-refractivity contribution in [3.8, 4) is 0 Å². The van der Waals surface area contributed by atoms with Crippen molar-refractivity contribution in [3.63, 3.8) is 0 Å². The molecule has 12 heavy (non-hydrogen) atoms. The fraction of sp³-hybridized carbons (Fsp3) is 0.222. The summed E-state index contributed by atoms with van der Waals surface area (Å²) in [5, 5.41) is 3.04. The van der Waals surface area contributed by atoms with E-state index in [1.807, 2.05) is 31.3 Å². The molecule has 0 aromatic heterocycles. The molecular formula is C9H12N2S. The Morgan fingerprint density at radius 3 is 2.42 bits per heavy atom. The van der Waals surface area contributed by atoms with Gasteiger partial charge in [0, 0.05) is 19.2 Å². The second-order valence-corrected chi connectivity index (χ2v) is 3.11. The van der Waals surface area contributed by atoms with Crippen molar-refractivity contribution >= 4 is 22.9 Å². The lowest BCUT2D eigenvalue weighted by atomic mass is 10.1. The molecule has 1 rings (SSSR count). The van der Waals surface area contributed by atoms with Crippen molar-refractivity contribution in [3.05, 3.63) is 29.8 Å². The van der Waals surface area contributed by atoms with Crippen LogP contribution in [-0.4, -0.2) is 12.0 Å². The molecule has 3 N–H and O–H groups in total. The molecule has 0 amide bonds. The van der Waals surface area contributed by atoms with Crippen molar-refractivity contribution in [2.45, 2.75) is 6.42 Å². The Kier molecular flexibility index (Phi) is 3.05. The van der Waals surface area contributed by atoms with E-state index in [2.05, 4.69) is 5.32 Å². The number of nitrogens with one attached hydrogen (secondary N) is 1. The predicted molar refractivity (Wildman–Crippen MR) is 56.5 cm³/mol. The molecule has 0 bridgehead atoms. The van der Waals surface area contributed by atoms with Crippen LogP contribution in [-0.2, 0) is 6.42 Å². The summed E-state index contributed by atoms with van der Waals surface area (Å²) in [6.45, 7) is 0. The predicted octanol–water partition coefficient (Wildman–Crippen LogP) is 1.56. The van der Waals surface area contributed by atoms with Gasteiger partial charge in [0.2, 0.25) is 0 Å². The molecule has 0 saturated heterocycles. The van der Waals surface area contributed by atoms with Gasteiger partial charge in [-0.15, -0.1) is 0 Å². The summed E-state index contributed by atoms with van der Waals surface area (Å²) in [7, 11) is 1.89. The zero-order valence-electron chi connectivity index (χ0n) is 7.00. The number of thiocarbonyl (C=S) groups is 1. The molecule has 0 saturated carbocycles. The molecule has 2 nitrogen and oxygen atoms in total. The van der Waals surface area contributed by atoms with Gasteiger partial charge in [-0.05, 0) is 17.7 Å². The van der Waals surface area contributed by atoms with E-state index in [9.17, 15) is 0 Å². The highest BCUT2D eigenvalue weighted by Crippen LogP contribution is 2.08. The monoisotopic (exact) mass is 180 g/mol. The Morgan fingerprint density at radius 1 is 1.42 bits per heavy atom. The Bertz CT molecular complexity index is 266. The molecule has 0 aliphatic heterocycles. The largest absolute Gasteiger partial charge is 0.393 e. The van der Waals surface area contributed by atoms with E-state index in [-0.39, 0.29) is 0 Å². The maximum atomic E-state index is 5.41. The first kappa shape index (κ1) is 9.00. The van der Waals surface area contributed by atoms with Crippen molar-refractivity contribution in [2.75, 3.05) is 12.4 Å². The number of hydrogen-bond donors (Lipinski definition) is 2. The number of rotatable bonds is 3. The van der Waals surface area contributed by atoms with Gasteiger partial charge in [-0.25, -0.2) is 0 Å². The van der Waals surface area contributed by atoms with E-state index in [4.69, 9.17) is 18.0 Å².